The number of carbonyl (C=O) groups is 1. The number of amides is 2. The van der Waals surface area contributed by atoms with Crippen molar-refractivity contribution >= 4 is 29.5 Å². The number of urea groups is 1. The lowest BCUT2D eigenvalue weighted by atomic mass is 10.6. The molecular formula is C9H17N4O3S2+. The molecule has 1 aromatic heterocycles. The van der Waals surface area contributed by atoms with Crippen molar-refractivity contribution in [3.63, 3.8) is 0 Å². The van der Waals surface area contributed by atoms with E-state index in [-0.39, 0.29) is 10.9 Å². The molecule has 0 spiro atoms. The summed E-state index contributed by atoms with van der Waals surface area (Å²) in [6, 6.07) is -0.414. The average Bonchev–Trinajstić information content (AvgIpc) is 2.69. The molecule has 0 saturated carbocycles. The Labute approximate surface area is 108 Å². The highest BCUT2D eigenvalue weighted by atomic mass is 33.2. The van der Waals surface area contributed by atoms with Crippen LogP contribution in [0.15, 0.2) is 0 Å². The van der Waals surface area contributed by atoms with Crippen LogP contribution in [-0.2, 0) is 8.87 Å². The van der Waals surface area contributed by atoms with Crippen LogP contribution in [0.5, 0.6) is 0 Å². The molecule has 1 heterocycles. The number of rotatable bonds is 4. The third-order valence-electron chi connectivity index (χ3n) is 2.22. The molecule has 1 aromatic rings. The minimum Gasteiger partial charge on any atom is -0.341 e. The number of hydrogen-bond donors (Lipinski definition) is 1. The normalized spacial score (nSPS) is 12.3. The fraction of sp³-hybridized carbons (Fsp3) is 0.667. The molecule has 0 radical (unpaired) electrons. The van der Waals surface area contributed by atoms with Crippen molar-refractivity contribution in [2.24, 2.45) is 0 Å². The summed E-state index contributed by atoms with van der Waals surface area (Å²) >= 11 is 0. The Morgan fingerprint density at radius 3 is 2.56 bits per heavy atom. The molecule has 18 heavy (non-hydrogen) atoms. The molecule has 0 bridgehead atoms. The Bertz CT molecular complexity index is 538. The monoisotopic (exact) mass is 293 g/mol. The van der Waals surface area contributed by atoms with E-state index in [9.17, 15) is 13.2 Å². The van der Waals surface area contributed by atoms with Gasteiger partial charge in [-0.25, -0.2) is 9.69 Å². The Hall–Kier alpha value is -1.22. The van der Waals surface area contributed by atoms with Crippen LogP contribution in [0.4, 0.5) is 9.93 Å². The van der Waals surface area contributed by atoms with E-state index in [1.807, 2.05) is 0 Å². The first-order valence-corrected chi connectivity index (χ1v) is 8.79. The van der Waals surface area contributed by atoms with E-state index in [1.54, 1.807) is 13.8 Å². The van der Waals surface area contributed by atoms with Gasteiger partial charge >= 0.3 is 20.0 Å². The quantitative estimate of drug-likeness (QED) is 0.657. The molecule has 1 atom stereocenters. The first-order chi connectivity index (χ1) is 8.35. The standard InChI is InChI=1S/C9H16N4O3S2/c1-5-6-18(15,16)17-7(2)11-12-9(17)13(4)8(14)10-3/h5-6H2,1-4H3/p+1. The highest BCUT2D eigenvalue weighted by Gasteiger charge is 2.38. The summed E-state index contributed by atoms with van der Waals surface area (Å²) in [6.07, 6.45) is 0.524. The minimum absolute atomic E-state index is 0.0591. The molecule has 1 rings (SSSR count). The molecule has 0 aromatic carbocycles. The minimum atomic E-state index is -3.35. The highest BCUT2D eigenvalue weighted by Crippen LogP contribution is 2.38. The van der Waals surface area contributed by atoms with E-state index in [0.717, 1.165) is 0 Å². The number of aryl methyl sites for hydroxylation is 1. The van der Waals surface area contributed by atoms with Crippen LogP contribution in [-0.4, -0.2) is 44.5 Å². The second-order valence-corrected chi connectivity index (χ2v) is 9.19. The van der Waals surface area contributed by atoms with Crippen molar-refractivity contribution in [2.45, 2.75) is 20.3 Å². The third-order valence-corrected chi connectivity index (χ3v) is 8.14. The van der Waals surface area contributed by atoms with E-state index in [1.165, 1.54) is 19.0 Å². The van der Waals surface area contributed by atoms with Gasteiger partial charge in [-0.2, -0.15) is 8.42 Å². The molecule has 0 saturated heterocycles. The summed E-state index contributed by atoms with van der Waals surface area (Å²) in [6.45, 7) is 3.41. The summed E-state index contributed by atoms with van der Waals surface area (Å²) in [4.78, 5) is 12.7. The van der Waals surface area contributed by atoms with Crippen molar-refractivity contribution in [2.75, 3.05) is 24.7 Å². The molecular weight excluding hydrogens is 276 g/mol. The van der Waals surface area contributed by atoms with E-state index in [0.29, 0.717) is 11.4 Å². The molecule has 102 valence electrons. The van der Waals surface area contributed by atoms with Gasteiger partial charge in [0.1, 0.15) is 0 Å². The predicted molar refractivity (Wildman–Crippen MR) is 71.6 cm³/mol. The number of carbonyl (C=O) groups excluding carboxylic acids is 1. The smallest absolute Gasteiger partial charge is 0.341 e. The molecule has 1 unspecified atom stereocenters. The van der Waals surface area contributed by atoms with Crippen LogP contribution in [0.1, 0.15) is 18.4 Å². The first-order valence-electron chi connectivity index (χ1n) is 5.40. The van der Waals surface area contributed by atoms with Crippen LogP contribution in [0.2, 0.25) is 0 Å². The lowest BCUT2D eigenvalue weighted by molar-refractivity contribution is 0.249. The second-order valence-electron chi connectivity index (χ2n) is 3.65. The summed E-state index contributed by atoms with van der Waals surface area (Å²) in [5.41, 5.74) is 0. The maximum absolute atomic E-state index is 12.2. The topological polar surface area (TPSA) is 92.3 Å². The van der Waals surface area contributed by atoms with Crippen LogP contribution < -0.4 is 10.2 Å². The van der Waals surface area contributed by atoms with Gasteiger partial charge < -0.3 is 5.32 Å². The first kappa shape index (κ1) is 14.8. The number of aromatic nitrogens is 2. The molecule has 1 N–H and O–H groups in total. The van der Waals surface area contributed by atoms with Gasteiger partial charge in [0.05, 0.1) is 5.75 Å². The van der Waals surface area contributed by atoms with Crippen LogP contribution >= 0.6 is 9.50 Å². The summed E-state index contributed by atoms with van der Waals surface area (Å²) in [5, 5.41) is 10.7. The summed E-state index contributed by atoms with van der Waals surface area (Å²) in [5.74, 6) is 0.0591. The van der Waals surface area contributed by atoms with E-state index >= 15 is 0 Å². The largest absolute Gasteiger partial charge is 0.388 e. The zero-order chi connectivity index (χ0) is 13.9. The molecule has 0 aliphatic rings. The van der Waals surface area contributed by atoms with Crippen molar-refractivity contribution < 1.29 is 13.2 Å². The van der Waals surface area contributed by atoms with Crippen molar-refractivity contribution in [1.29, 1.82) is 0 Å². The zero-order valence-electron chi connectivity index (χ0n) is 10.8. The Morgan fingerprint density at radius 1 is 1.44 bits per heavy atom. The third kappa shape index (κ3) is 2.78. The van der Waals surface area contributed by atoms with Gasteiger partial charge in [0, 0.05) is 21.0 Å². The van der Waals surface area contributed by atoms with Crippen LogP contribution in [0, 0.1) is 6.92 Å². The Kier molecular flexibility index (Phi) is 4.63. The number of nitrogens with zero attached hydrogens (tertiary/aromatic N) is 3. The van der Waals surface area contributed by atoms with Gasteiger partial charge in [-0.15, -0.1) is 0 Å². The van der Waals surface area contributed by atoms with Gasteiger partial charge in [-0.3, -0.25) is 0 Å². The number of hydrogen-bond acceptors (Lipinski definition) is 5. The van der Waals surface area contributed by atoms with Gasteiger partial charge in [0.15, 0.2) is 9.50 Å². The lowest BCUT2D eigenvalue weighted by Gasteiger charge is -2.09. The summed E-state index contributed by atoms with van der Waals surface area (Å²) in [7, 11) is -1.63. The predicted octanol–water partition coefficient (Wildman–Crippen LogP) is 0.898. The van der Waals surface area contributed by atoms with Crippen LogP contribution in [0.25, 0.3) is 0 Å². The Balaban J connectivity index is 3.29. The van der Waals surface area contributed by atoms with Gasteiger partial charge in [-0.1, -0.05) is 17.1 Å². The van der Waals surface area contributed by atoms with Crippen molar-refractivity contribution in [3.05, 3.63) is 5.01 Å². The van der Waals surface area contributed by atoms with Crippen LogP contribution in [0.3, 0.4) is 0 Å². The summed E-state index contributed by atoms with van der Waals surface area (Å²) < 4.78 is 24.3. The number of nitrogens with one attached hydrogen (secondary N) is 1. The SMILES string of the molecule is CCCS(=O)(=O)[s+]1c(C)nnc1N(C)C(=O)NC. The van der Waals surface area contributed by atoms with Crippen molar-refractivity contribution in [1.82, 2.24) is 15.5 Å². The zero-order valence-corrected chi connectivity index (χ0v) is 12.4. The van der Waals surface area contributed by atoms with Gasteiger partial charge in [-0.05, 0) is 6.42 Å². The second kappa shape index (κ2) is 5.61. The van der Waals surface area contributed by atoms with Crippen molar-refractivity contribution in [3.8, 4) is 0 Å². The molecule has 0 aliphatic heterocycles. The van der Waals surface area contributed by atoms with E-state index < -0.39 is 24.4 Å². The average molecular weight is 293 g/mol. The number of anilines is 1. The molecule has 0 fully saturated rings. The fourth-order valence-electron chi connectivity index (χ4n) is 1.40. The molecule has 2 amide bonds. The van der Waals surface area contributed by atoms with E-state index in [2.05, 4.69) is 15.5 Å². The molecule has 0 aliphatic carbocycles. The lowest BCUT2D eigenvalue weighted by Crippen LogP contribution is -2.35. The van der Waals surface area contributed by atoms with Gasteiger partial charge in [0.2, 0.25) is 0 Å². The van der Waals surface area contributed by atoms with E-state index in [4.69, 9.17) is 0 Å². The molecule has 7 nitrogen and oxygen atoms in total. The highest BCUT2D eigenvalue weighted by molar-refractivity contribution is 8.40. The maximum atomic E-state index is 12.2. The Morgan fingerprint density at radius 2 is 2.06 bits per heavy atom. The molecule has 9 heteroatoms. The van der Waals surface area contributed by atoms with Gasteiger partial charge in [0.25, 0.3) is 5.01 Å². The fourth-order valence-corrected chi connectivity index (χ4v) is 6.80. The maximum Gasteiger partial charge on any atom is 0.388 e.